The second-order valence-corrected chi connectivity index (χ2v) is 2.69. The van der Waals surface area contributed by atoms with Crippen LogP contribution in [0.5, 0.6) is 0 Å². The van der Waals surface area contributed by atoms with Gasteiger partial charge in [-0.15, -0.1) is 6.58 Å². The summed E-state index contributed by atoms with van der Waals surface area (Å²) >= 11 is 0. The zero-order valence-electron chi connectivity index (χ0n) is 8.65. The molecule has 1 amide bonds. The number of esters is 1. The van der Waals surface area contributed by atoms with Crippen LogP contribution in [0.3, 0.4) is 0 Å². The molecule has 1 unspecified atom stereocenters. The molecule has 0 aliphatic rings. The number of amides is 1. The summed E-state index contributed by atoms with van der Waals surface area (Å²) in [5.74, 6) is -1.04. The first-order valence-corrected chi connectivity index (χ1v) is 4.14. The monoisotopic (exact) mass is 201 g/mol. The van der Waals surface area contributed by atoms with Crippen molar-refractivity contribution >= 4 is 11.9 Å². The normalized spacial score (nSPS) is 11.6. The quantitative estimate of drug-likeness (QED) is 0.281. The second kappa shape index (κ2) is 6.15. The predicted octanol–water partition coefficient (Wildman–Crippen LogP) is 0.514. The van der Waals surface area contributed by atoms with Crippen molar-refractivity contribution in [1.82, 2.24) is 5.06 Å². The van der Waals surface area contributed by atoms with E-state index in [9.17, 15) is 9.59 Å². The van der Waals surface area contributed by atoms with E-state index in [1.807, 2.05) is 0 Å². The highest BCUT2D eigenvalue weighted by molar-refractivity contribution is 5.93. The molecule has 0 aromatic carbocycles. The number of hydroxylamine groups is 2. The van der Waals surface area contributed by atoms with E-state index in [1.54, 1.807) is 13.0 Å². The molecule has 0 aromatic rings. The standard InChI is InChI=1S/C9H15NO4/c1-5-7(2)14-10(3)8(11)6-9(12)13-4/h5,7H,1,6H2,2-4H3. The Bertz CT molecular complexity index is 227. The Kier molecular flexibility index (Phi) is 5.55. The number of ether oxygens (including phenoxy) is 1. The molecule has 0 saturated carbocycles. The maximum absolute atomic E-state index is 11.2. The average molecular weight is 201 g/mol. The van der Waals surface area contributed by atoms with E-state index in [0.29, 0.717) is 0 Å². The molecule has 0 fully saturated rings. The van der Waals surface area contributed by atoms with Crippen LogP contribution in [0.25, 0.3) is 0 Å². The van der Waals surface area contributed by atoms with E-state index in [2.05, 4.69) is 11.3 Å². The number of nitrogens with zero attached hydrogens (tertiary/aromatic N) is 1. The highest BCUT2D eigenvalue weighted by Crippen LogP contribution is 1.99. The first-order valence-electron chi connectivity index (χ1n) is 4.14. The molecule has 0 bridgehead atoms. The summed E-state index contributed by atoms with van der Waals surface area (Å²) in [5, 5.41) is 1.00. The lowest BCUT2D eigenvalue weighted by molar-refractivity contribution is -0.188. The molecule has 0 saturated heterocycles. The molecule has 0 N–H and O–H groups in total. The lowest BCUT2D eigenvalue weighted by Gasteiger charge is -2.18. The van der Waals surface area contributed by atoms with Gasteiger partial charge in [-0.25, -0.2) is 5.06 Å². The van der Waals surface area contributed by atoms with Gasteiger partial charge >= 0.3 is 5.97 Å². The number of carbonyl (C=O) groups is 2. The largest absolute Gasteiger partial charge is 0.469 e. The molecule has 1 atom stereocenters. The van der Waals surface area contributed by atoms with E-state index >= 15 is 0 Å². The topological polar surface area (TPSA) is 55.8 Å². The number of methoxy groups -OCH3 is 1. The van der Waals surface area contributed by atoms with Gasteiger partial charge < -0.3 is 4.74 Å². The fraction of sp³-hybridized carbons (Fsp3) is 0.556. The van der Waals surface area contributed by atoms with Gasteiger partial charge in [0, 0.05) is 7.05 Å². The molecule has 0 aliphatic heterocycles. The summed E-state index contributed by atoms with van der Waals surface area (Å²) in [7, 11) is 2.66. The lowest BCUT2D eigenvalue weighted by Crippen LogP contribution is -2.31. The fourth-order valence-corrected chi connectivity index (χ4v) is 0.658. The number of rotatable bonds is 5. The van der Waals surface area contributed by atoms with Crippen LogP contribution in [0.2, 0.25) is 0 Å². The van der Waals surface area contributed by atoms with Crippen molar-refractivity contribution in [3.8, 4) is 0 Å². The molecule has 0 aliphatic carbocycles. The molecule has 0 spiro atoms. The van der Waals surface area contributed by atoms with Crippen LogP contribution in [-0.2, 0) is 19.2 Å². The van der Waals surface area contributed by atoms with Gasteiger partial charge in [-0.1, -0.05) is 6.08 Å². The van der Waals surface area contributed by atoms with Crippen molar-refractivity contribution in [3.63, 3.8) is 0 Å². The molecule has 0 rings (SSSR count). The van der Waals surface area contributed by atoms with Crippen molar-refractivity contribution in [2.24, 2.45) is 0 Å². The van der Waals surface area contributed by atoms with Crippen LogP contribution < -0.4 is 0 Å². The van der Waals surface area contributed by atoms with Crippen LogP contribution in [-0.4, -0.2) is 37.2 Å². The van der Waals surface area contributed by atoms with Crippen molar-refractivity contribution in [3.05, 3.63) is 12.7 Å². The predicted molar refractivity (Wildman–Crippen MR) is 50.1 cm³/mol. The molecule has 0 radical (unpaired) electrons. The van der Waals surface area contributed by atoms with Gasteiger partial charge in [0.25, 0.3) is 5.91 Å². The van der Waals surface area contributed by atoms with E-state index < -0.39 is 11.9 Å². The van der Waals surface area contributed by atoms with E-state index in [0.717, 1.165) is 5.06 Å². The van der Waals surface area contributed by atoms with E-state index in [4.69, 9.17) is 4.84 Å². The minimum absolute atomic E-state index is 0.276. The lowest BCUT2D eigenvalue weighted by atomic mass is 10.4. The molecule has 5 nitrogen and oxygen atoms in total. The summed E-state index contributed by atoms with van der Waals surface area (Å²) in [4.78, 5) is 27.0. The van der Waals surface area contributed by atoms with Crippen molar-refractivity contribution in [2.75, 3.05) is 14.2 Å². The highest BCUT2D eigenvalue weighted by Gasteiger charge is 2.15. The Balaban J connectivity index is 3.99. The Labute approximate surface area is 83.2 Å². The molecule has 0 aromatic heterocycles. The molecule has 14 heavy (non-hydrogen) atoms. The SMILES string of the molecule is C=CC(C)ON(C)C(=O)CC(=O)OC. The summed E-state index contributed by atoms with van der Waals surface area (Å²) in [5.41, 5.74) is 0. The van der Waals surface area contributed by atoms with Crippen molar-refractivity contribution in [1.29, 1.82) is 0 Å². The summed E-state index contributed by atoms with van der Waals surface area (Å²) in [6.07, 6.45) is 0.945. The Morgan fingerprint density at radius 2 is 2.14 bits per heavy atom. The second-order valence-electron chi connectivity index (χ2n) is 2.69. The minimum atomic E-state index is -0.586. The Hall–Kier alpha value is -1.36. The van der Waals surface area contributed by atoms with E-state index in [-0.39, 0.29) is 12.5 Å². The number of carbonyl (C=O) groups excluding carboxylic acids is 2. The van der Waals surface area contributed by atoms with Crippen molar-refractivity contribution in [2.45, 2.75) is 19.4 Å². The van der Waals surface area contributed by atoms with Gasteiger partial charge in [0.05, 0.1) is 7.11 Å². The maximum Gasteiger partial charge on any atom is 0.315 e. The van der Waals surface area contributed by atoms with Crippen LogP contribution in [0.1, 0.15) is 13.3 Å². The number of hydrogen-bond acceptors (Lipinski definition) is 4. The van der Waals surface area contributed by atoms with Gasteiger partial charge in [0.15, 0.2) is 0 Å². The number of hydrogen-bond donors (Lipinski definition) is 0. The molecule has 80 valence electrons. The van der Waals surface area contributed by atoms with E-state index in [1.165, 1.54) is 14.2 Å². The van der Waals surface area contributed by atoms with Crippen molar-refractivity contribution < 1.29 is 19.2 Å². The van der Waals surface area contributed by atoms with Gasteiger partial charge in [-0.3, -0.25) is 14.4 Å². The van der Waals surface area contributed by atoms with Gasteiger partial charge in [0.1, 0.15) is 12.5 Å². The smallest absolute Gasteiger partial charge is 0.315 e. The Morgan fingerprint density at radius 3 is 2.57 bits per heavy atom. The molecule has 0 heterocycles. The zero-order valence-corrected chi connectivity index (χ0v) is 8.65. The highest BCUT2D eigenvalue weighted by atomic mass is 16.7. The third-order valence-corrected chi connectivity index (χ3v) is 1.53. The summed E-state index contributed by atoms with van der Waals surface area (Å²) in [6, 6.07) is 0. The maximum atomic E-state index is 11.2. The molecular weight excluding hydrogens is 186 g/mol. The van der Waals surface area contributed by atoms with Crippen LogP contribution in [0, 0.1) is 0 Å². The van der Waals surface area contributed by atoms with Gasteiger partial charge in [-0.05, 0) is 6.92 Å². The molecule has 5 heteroatoms. The van der Waals surface area contributed by atoms with Gasteiger partial charge in [0.2, 0.25) is 0 Å². The third kappa shape index (κ3) is 4.61. The van der Waals surface area contributed by atoms with Crippen LogP contribution in [0.4, 0.5) is 0 Å². The fourth-order valence-electron chi connectivity index (χ4n) is 0.658. The van der Waals surface area contributed by atoms with Gasteiger partial charge in [-0.2, -0.15) is 0 Å². The molecular formula is C9H15NO4. The third-order valence-electron chi connectivity index (χ3n) is 1.53. The summed E-state index contributed by atoms with van der Waals surface area (Å²) < 4.78 is 4.34. The van der Waals surface area contributed by atoms with Crippen LogP contribution >= 0.6 is 0 Å². The average Bonchev–Trinajstić information content (AvgIpc) is 2.17. The van der Waals surface area contributed by atoms with Crippen LogP contribution in [0.15, 0.2) is 12.7 Å². The first-order chi connectivity index (χ1) is 6.51. The Morgan fingerprint density at radius 1 is 1.57 bits per heavy atom. The minimum Gasteiger partial charge on any atom is -0.469 e. The summed E-state index contributed by atoms with van der Waals surface area (Å²) in [6.45, 7) is 5.23. The zero-order chi connectivity index (χ0) is 11.1. The first kappa shape index (κ1) is 12.6.